The van der Waals surface area contributed by atoms with Crippen LogP contribution >= 0.6 is 11.3 Å². The van der Waals surface area contributed by atoms with Crippen LogP contribution in [0.4, 0.5) is 4.39 Å². The maximum atomic E-state index is 14.0. The minimum absolute atomic E-state index is 0.219. The molecule has 206 valence electrons. The number of ether oxygens (including phenoxy) is 1. The number of aromatic nitrogens is 2. The summed E-state index contributed by atoms with van der Waals surface area (Å²) in [6, 6.07) is 21.6. The van der Waals surface area contributed by atoms with Crippen LogP contribution in [0.3, 0.4) is 0 Å². The first kappa shape index (κ1) is 26.7. The lowest BCUT2D eigenvalue weighted by Gasteiger charge is -2.24. The number of hydrogen-bond donors (Lipinski definition) is 0. The molecule has 0 fully saturated rings. The molecule has 0 amide bonds. The summed E-state index contributed by atoms with van der Waals surface area (Å²) in [6.45, 7) is 6.33. The number of rotatable bonds is 6. The van der Waals surface area contributed by atoms with Crippen molar-refractivity contribution in [3.63, 3.8) is 0 Å². The Balaban J connectivity index is 1.51. The van der Waals surface area contributed by atoms with Crippen molar-refractivity contribution in [3.8, 4) is 0 Å². The third kappa shape index (κ3) is 4.95. The van der Waals surface area contributed by atoms with Gasteiger partial charge in [0.15, 0.2) is 4.80 Å². The molecule has 0 aliphatic carbocycles. The number of hydrogen-bond acceptors (Lipinski definition) is 5. The monoisotopic (exact) mass is 565 g/mol. The van der Waals surface area contributed by atoms with Gasteiger partial charge in [0.1, 0.15) is 5.82 Å². The zero-order valence-corrected chi connectivity index (χ0v) is 23.7. The van der Waals surface area contributed by atoms with Crippen LogP contribution in [0.5, 0.6) is 0 Å². The highest BCUT2D eigenvalue weighted by molar-refractivity contribution is 7.07. The molecule has 1 atom stereocenters. The third-order valence-electron chi connectivity index (χ3n) is 7.28. The maximum Gasteiger partial charge on any atom is 0.338 e. The number of esters is 1. The van der Waals surface area contributed by atoms with Crippen LogP contribution in [0, 0.1) is 12.7 Å². The molecular formula is C33H28FN3O3S. The smallest absolute Gasteiger partial charge is 0.338 e. The molecule has 41 heavy (non-hydrogen) atoms. The van der Waals surface area contributed by atoms with E-state index < -0.39 is 12.0 Å². The minimum Gasteiger partial charge on any atom is -0.463 e. The molecule has 6 rings (SSSR count). The fourth-order valence-electron chi connectivity index (χ4n) is 5.30. The van der Waals surface area contributed by atoms with Gasteiger partial charge in [-0.2, -0.15) is 0 Å². The van der Waals surface area contributed by atoms with Gasteiger partial charge >= 0.3 is 5.97 Å². The molecule has 0 bridgehead atoms. The van der Waals surface area contributed by atoms with E-state index in [-0.39, 0.29) is 18.0 Å². The number of nitrogens with zero attached hydrogens (tertiary/aromatic N) is 3. The molecule has 0 N–H and O–H groups in total. The first-order chi connectivity index (χ1) is 19.8. The molecular weight excluding hydrogens is 537 g/mol. The van der Waals surface area contributed by atoms with Crippen molar-refractivity contribution in [1.82, 2.24) is 9.13 Å². The average Bonchev–Trinajstić information content (AvgIpc) is 3.46. The summed E-state index contributed by atoms with van der Waals surface area (Å²) in [7, 11) is 0. The molecule has 8 heteroatoms. The highest BCUT2D eigenvalue weighted by Crippen LogP contribution is 2.31. The van der Waals surface area contributed by atoms with Gasteiger partial charge < -0.3 is 9.30 Å². The summed E-state index contributed by atoms with van der Waals surface area (Å²) < 4.78 is 23.1. The number of halogens is 1. The maximum absolute atomic E-state index is 14.0. The predicted octanol–water partition coefficient (Wildman–Crippen LogP) is 5.25. The second kappa shape index (κ2) is 10.8. The molecule has 6 nitrogen and oxygen atoms in total. The SMILES string of the molecule is CCOC(=O)C1=C(C)N=c2s/c(=C/c3cn(Cc4ccc(F)cc4)c4ccccc34)c(=O)n2[C@H]1c1ccc(C)cc1. The number of benzene rings is 3. The van der Waals surface area contributed by atoms with E-state index in [1.54, 1.807) is 30.5 Å². The number of allylic oxidation sites excluding steroid dienone is 1. The number of carbonyl (C=O) groups excluding carboxylic acids is 1. The minimum atomic E-state index is -0.645. The standard InChI is InChI=1S/C33H28FN3O3S/c1-4-40-32(39)29-21(3)35-33-37(30(29)23-13-9-20(2)10-14-23)31(38)28(41-33)17-24-19-36(27-8-6-5-7-26(24)27)18-22-11-15-25(34)16-12-22/h5-17,19,30H,4,18H2,1-3H3/b28-17+/t30-/m0/s1. The molecule has 5 aromatic rings. The lowest BCUT2D eigenvalue weighted by atomic mass is 9.95. The van der Waals surface area contributed by atoms with E-state index in [4.69, 9.17) is 4.74 Å². The molecule has 1 aliphatic rings. The second-order valence-electron chi connectivity index (χ2n) is 10.1. The number of para-hydroxylation sites is 1. The Hall–Kier alpha value is -4.56. The van der Waals surface area contributed by atoms with Crippen LogP contribution in [0.25, 0.3) is 17.0 Å². The van der Waals surface area contributed by atoms with E-state index in [0.29, 0.717) is 27.1 Å². The van der Waals surface area contributed by atoms with Crippen molar-refractivity contribution >= 4 is 34.3 Å². The highest BCUT2D eigenvalue weighted by Gasteiger charge is 2.33. The Morgan fingerprint density at radius 2 is 1.78 bits per heavy atom. The van der Waals surface area contributed by atoms with E-state index in [2.05, 4.69) is 9.56 Å². The topological polar surface area (TPSA) is 65.6 Å². The second-order valence-corrected chi connectivity index (χ2v) is 11.1. The molecule has 0 spiro atoms. The van der Waals surface area contributed by atoms with Gasteiger partial charge in [0, 0.05) is 29.2 Å². The van der Waals surface area contributed by atoms with Crippen LogP contribution in [0.2, 0.25) is 0 Å². The van der Waals surface area contributed by atoms with Crippen molar-refractivity contribution < 1.29 is 13.9 Å². The molecule has 3 aromatic carbocycles. The van der Waals surface area contributed by atoms with Gasteiger partial charge in [0.05, 0.1) is 28.5 Å². The lowest BCUT2D eigenvalue weighted by Crippen LogP contribution is -2.39. The Bertz CT molecular complexity index is 2000. The summed E-state index contributed by atoms with van der Waals surface area (Å²) >= 11 is 1.30. The van der Waals surface area contributed by atoms with Gasteiger partial charge in [-0.1, -0.05) is 71.5 Å². The van der Waals surface area contributed by atoms with E-state index in [1.807, 2.05) is 67.7 Å². The highest BCUT2D eigenvalue weighted by atomic mass is 32.1. The van der Waals surface area contributed by atoms with Crippen LogP contribution < -0.4 is 14.9 Å². The lowest BCUT2D eigenvalue weighted by molar-refractivity contribution is -0.139. The molecule has 0 saturated heterocycles. The van der Waals surface area contributed by atoms with Crippen molar-refractivity contribution in [2.75, 3.05) is 6.61 Å². The first-order valence-electron chi connectivity index (χ1n) is 13.4. The number of fused-ring (bicyclic) bond motifs is 2. The molecule has 0 saturated carbocycles. The molecule has 0 radical (unpaired) electrons. The van der Waals surface area contributed by atoms with E-state index >= 15 is 0 Å². The normalized spacial score (nSPS) is 15.2. The van der Waals surface area contributed by atoms with Crippen molar-refractivity contribution in [1.29, 1.82) is 0 Å². The number of carbonyl (C=O) groups is 1. The largest absolute Gasteiger partial charge is 0.463 e. The average molecular weight is 566 g/mol. The summed E-state index contributed by atoms with van der Waals surface area (Å²) in [5.74, 6) is -0.745. The van der Waals surface area contributed by atoms with E-state index in [1.165, 1.54) is 23.5 Å². The summed E-state index contributed by atoms with van der Waals surface area (Å²) in [4.78, 5) is 32.4. The van der Waals surface area contributed by atoms with E-state index in [9.17, 15) is 14.0 Å². The van der Waals surface area contributed by atoms with Gasteiger partial charge in [-0.05, 0) is 56.2 Å². The molecule has 0 unspecified atom stereocenters. The van der Waals surface area contributed by atoms with Crippen LogP contribution in [0.1, 0.15) is 42.1 Å². The number of aryl methyl sites for hydroxylation is 1. The van der Waals surface area contributed by atoms with Crippen LogP contribution in [-0.4, -0.2) is 21.7 Å². The summed E-state index contributed by atoms with van der Waals surface area (Å²) in [5.41, 5.74) is 5.45. The Kier molecular flexibility index (Phi) is 7.01. The quantitative estimate of drug-likeness (QED) is 0.264. The van der Waals surface area contributed by atoms with Gasteiger partial charge in [-0.25, -0.2) is 14.2 Å². The van der Waals surface area contributed by atoms with Crippen molar-refractivity contribution in [3.05, 3.63) is 138 Å². The Labute approximate surface area is 240 Å². The summed E-state index contributed by atoms with van der Waals surface area (Å²) in [6.07, 6.45) is 3.90. The fraction of sp³-hybridized carbons (Fsp3) is 0.182. The summed E-state index contributed by atoms with van der Waals surface area (Å²) in [5, 5.41) is 0.999. The first-order valence-corrected chi connectivity index (χ1v) is 14.2. The van der Waals surface area contributed by atoms with Crippen molar-refractivity contribution in [2.45, 2.75) is 33.4 Å². The fourth-order valence-corrected chi connectivity index (χ4v) is 6.34. The third-order valence-corrected chi connectivity index (χ3v) is 8.27. The van der Waals surface area contributed by atoms with Gasteiger partial charge in [-0.15, -0.1) is 0 Å². The van der Waals surface area contributed by atoms with Crippen LogP contribution in [-0.2, 0) is 16.1 Å². The predicted molar refractivity (Wildman–Crippen MR) is 159 cm³/mol. The molecule has 3 heterocycles. The molecule has 2 aromatic heterocycles. The zero-order valence-electron chi connectivity index (χ0n) is 22.9. The molecule has 1 aliphatic heterocycles. The van der Waals surface area contributed by atoms with Gasteiger partial charge in [0.25, 0.3) is 5.56 Å². The number of thiazole rings is 1. The Morgan fingerprint density at radius 1 is 1.05 bits per heavy atom. The van der Waals surface area contributed by atoms with Gasteiger partial charge in [0.2, 0.25) is 0 Å². The van der Waals surface area contributed by atoms with E-state index in [0.717, 1.165) is 33.2 Å². The van der Waals surface area contributed by atoms with Crippen LogP contribution in [0.15, 0.2) is 100 Å². The van der Waals surface area contributed by atoms with Crippen molar-refractivity contribution in [2.24, 2.45) is 4.99 Å². The zero-order chi connectivity index (χ0) is 28.7. The Morgan fingerprint density at radius 3 is 2.51 bits per heavy atom. The van der Waals surface area contributed by atoms with Gasteiger partial charge in [-0.3, -0.25) is 9.36 Å².